The molecule has 8 aliphatic rings. The fraction of sp³-hybridized carbons (Fsp3) is 0.909. The van der Waals surface area contributed by atoms with Crippen molar-refractivity contribution < 1.29 is 98.2 Å². The summed E-state index contributed by atoms with van der Waals surface area (Å²) < 4.78 is 52.5. The molecule has 0 aromatic rings. The molecule has 24 atom stereocenters. The Morgan fingerprint density at radius 1 is 0.797 bits per heavy atom. The lowest BCUT2D eigenvalue weighted by molar-refractivity contribution is -0.367. The molecule has 0 aromatic carbocycles. The van der Waals surface area contributed by atoms with E-state index in [0.29, 0.717) is 25.7 Å². The molecule has 9 N–H and O–H groups in total. The van der Waals surface area contributed by atoms with Gasteiger partial charge < -0.3 is 88.6 Å². The van der Waals surface area contributed by atoms with Crippen LogP contribution in [0.4, 0.5) is 0 Å². The highest BCUT2D eigenvalue weighted by atomic mass is 16.8. The van der Waals surface area contributed by atoms with E-state index in [0.717, 1.165) is 31.3 Å². The first kappa shape index (κ1) is 48.5. The van der Waals surface area contributed by atoms with E-state index in [9.17, 15) is 55.5 Å². The number of aliphatic hydroxyl groups excluding tert-OH is 8. The zero-order valence-corrected chi connectivity index (χ0v) is 37.0. The molecule has 4 aliphatic heterocycles. The molecule has 364 valence electrons. The summed E-state index contributed by atoms with van der Waals surface area (Å²) in [6.45, 7) is 6.34. The van der Waals surface area contributed by atoms with Crippen molar-refractivity contribution >= 4 is 11.9 Å². The molecule has 4 saturated carbocycles. The van der Waals surface area contributed by atoms with Gasteiger partial charge >= 0.3 is 11.9 Å². The summed E-state index contributed by atoms with van der Waals surface area (Å²) in [7, 11) is 1.37. The Bertz CT molecular complexity index is 1720. The van der Waals surface area contributed by atoms with Crippen LogP contribution in [0, 0.1) is 34.5 Å². The summed E-state index contributed by atoms with van der Waals surface area (Å²) in [5.41, 5.74) is -1.11. The minimum Gasteiger partial charge on any atom is -0.462 e. The molecule has 20 nitrogen and oxygen atoms in total. The first-order chi connectivity index (χ1) is 30.3. The zero-order valence-electron chi connectivity index (χ0n) is 37.0. The summed E-state index contributed by atoms with van der Waals surface area (Å²) in [6.07, 6.45) is -15.2. The lowest BCUT2D eigenvalue weighted by Crippen LogP contribution is -2.65. The normalized spacial score (nSPS) is 52.8. The van der Waals surface area contributed by atoms with Gasteiger partial charge in [0.25, 0.3) is 0 Å². The van der Waals surface area contributed by atoms with Crippen molar-refractivity contribution in [2.45, 2.75) is 189 Å². The highest BCUT2D eigenvalue weighted by Gasteiger charge is 2.71. The largest absolute Gasteiger partial charge is 0.462 e. The van der Waals surface area contributed by atoms with Crippen molar-refractivity contribution in [1.82, 2.24) is 0 Å². The van der Waals surface area contributed by atoms with Gasteiger partial charge in [-0.3, -0.25) is 4.79 Å². The van der Waals surface area contributed by atoms with Crippen LogP contribution in [-0.4, -0.2) is 195 Å². The number of cyclic esters (lactones) is 1. The molecule has 0 spiro atoms. The summed E-state index contributed by atoms with van der Waals surface area (Å²) in [5, 5.41) is 97.1. The first-order valence-electron chi connectivity index (χ1n) is 22.8. The van der Waals surface area contributed by atoms with Gasteiger partial charge in [-0.05, 0) is 80.6 Å². The van der Waals surface area contributed by atoms with E-state index in [1.807, 2.05) is 0 Å². The van der Waals surface area contributed by atoms with Crippen LogP contribution in [0.5, 0.6) is 0 Å². The van der Waals surface area contributed by atoms with E-state index in [2.05, 4.69) is 13.8 Å². The average molecular weight is 917 g/mol. The van der Waals surface area contributed by atoms with Crippen molar-refractivity contribution in [3.8, 4) is 0 Å². The molecule has 0 amide bonds. The van der Waals surface area contributed by atoms with Crippen LogP contribution < -0.4 is 0 Å². The third kappa shape index (κ3) is 8.27. The van der Waals surface area contributed by atoms with Crippen molar-refractivity contribution in [1.29, 1.82) is 0 Å². The van der Waals surface area contributed by atoms with Crippen LogP contribution in [0.1, 0.15) is 79.1 Å². The second kappa shape index (κ2) is 18.5. The molecule has 0 bridgehead atoms. The zero-order chi connectivity index (χ0) is 46.2. The molecule has 20 heteroatoms. The number of esters is 2. The first-order valence-corrected chi connectivity index (χ1v) is 22.8. The van der Waals surface area contributed by atoms with E-state index in [-0.39, 0.29) is 41.8 Å². The molecule has 64 heavy (non-hydrogen) atoms. The molecule has 4 aliphatic carbocycles. The van der Waals surface area contributed by atoms with Gasteiger partial charge in [0.1, 0.15) is 79.9 Å². The summed E-state index contributed by atoms with van der Waals surface area (Å²) in [4.78, 5) is 24.5. The van der Waals surface area contributed by atoms with Crippen molar-refractivity contribution in [3.05, 3.63) is 11.6 Å². The van der Waals surface area contributed by atoms with Gasteiger partial charge in [-0.1, -0.05) is 13.8 Å². The fourth-order valence-corrected chi connectivity index (χ4v) is 13.3. The highest BCUT2D eigenvalue weighted by Crippen LogP contribution is 2.70. The van der Waals surface area contributed by atoms with E-state index in [4.69, 9.17) is 42.6 Å². The maximum absolute atomic E-state index is 12.9. The lowest BCUT2D eigenvalue weighted by atomic mass is 9.43. The molecular formula is C44H68O20. The standard InChI is InChI=1S/C44H68O20/c1-18-37(64-40-35(53)33(51)31(49)27(63-40)17-58-39-34(52)32(50)30(48)26(15-45)62-39)38(56-5)36(54)41(59-18)61-22-8-10-42(3)21(13-22)6-7-24-23(42)9-11-43(4)29(20-12-28(47)57-16-20)25(60-19(2)46)14-44(24,43)55/h12,18,21-27,29-41,45,48-55H,6-11,13-17H2,1-5H3/t18-,21-,22+,23+,24-,25+,26-,27-,29+,30-,31-,32+,33+,34-,35-,36-,37-,38-,39-,40+,41?,42+,43-,44+/m1/s1. The number of carbonyl (C=O) groups is 2. The number of hydrogen-bond donors (Lipinski definition) is 9. The topological polar surface area (TPSA) is 299 Å². The monoisotopic (exact) mass is 916 g/mol. The number of rotatable bonds is 11. The predicted molar refractivity (Wildman–Crippen MR) is 214 cm³/mol. The van der Waals surface area contributed by atoms with Crippen LogP contribution in [0.2, 0.25) is 0 Å². The third-order valence-electron chi connectivity index (χ3n) is 16.8. The van der Waals surface area contributed by atoms with E-state index >= 15 is 0 Å². The van der Waals surface area contributed by atoms with Gasteiger partial charge in [0, 0.05) is 37.9 Å². The van der Waals surface area contributed by atoms with Gasteiger partial charge in [0.15, 0.2) is 18.9 Å². The molecule has 8 rings (SSSR count). The second-order valence-electron chi connectivity index (χ2n) is 20.1. The van der Waals surface area contributed by atoms with Crippen LogP contribution in [0.25, 0.3) is 0 Å². The Hall–Kier alpha value is -1.96. The Morgan fingerprint density at radius 3 is 2.12 bits per heavy atom. The maximum Gasteiger partial charge on any atom is 0.331 e. The van der Waals surface area contributed by atoms with Crippen molar-refractivity contribution in [2.75, 3.05) is 26.9 Å². The number of ether oxygens (including phenoxy) is 9. The van der Waals surface area contributed by atoms with E-state index in [1.54, 1.807) is 6.92 Å². The maximum atomic E-state index is 12.9. The van der Waals surface area contributed by atoms with E-state index in [1.165, 1.54) is 20.1 Å². The molecule has 0 radical (unpaired) electrons. The van der Waals surface area contributed by atoms with Gasteiger partial charge in [-0.15, -0.1) is 0 Å². The third-order valence-corrected chi connectivity index (χ3v) is 16.8. The molecule has 1 unspecified atom stereocenters. The smallest absolute Gasteiger partial charge is 0.331 e. The average Bonchev–Trinajstić information content (AvgIpc) is 3.77. The number of fused-ring (bicyclic) bond motifs is 5. The van der Waals surface area contributed by atoms with Gasteiger partial charge in [-0.25, -0.2) is 4.79 Å². The number of methoxy groups -OCH3 is 1. The summed E-state index contributed by atoms with van der Waals surface area (Å²) >= 11 is 0. The van der Waals surface area contributed by atoms with Gasteiger partial charge in [0.2, 0.25) is 0 Å². The van der Waals surface area contributed by atoms with Crippen LogP contribution in [0.3, 0.4) is 0 Å². The predicted octanol–water partition coefficient (Wildman–Crippen LogP) is -1.70. The summed E-state index contributed by atoms with van der Waals surface area (Å²) in [5.74, 6) is -0.779. The van der Waals surface area contributed by atoms with E-state index < -0.39 is 134 Å². The molecule has 0 aromatic heterocycles. The minimum atomic E-state index is -1.79. The van der Waals surface area contributed by atoms with Gasteiger partial charge in [0.05, 0.1) is 31.0 Å². The Morgan fingerprint density at radius 2 is 1.47 bits per heavy atom. The lowest BCUT2D eigenvalue weighted by Gasteiger charge is -2.63. The van der Waals surface area contributed by atoms with Crippen LogP contribution in [-0.2, 0) is 52.2 Å². The SMILES string of the molecule is CO[C@H]1[C@H](O[C@@H]2O[C@H](CO[C@@H]3O[C@H](CO)[C@@H](O)[C@H](O)[C@H]3O)[C@@H](O)[C@H](O)[C@H]2O)[C@@H](C)OC(O[C@H]2CC[C@@]3(C)[C@H](CC[C@@H]4[C@@H]3CC[C@]3(C)[C@@H](C5=CC(=O)OC5)[C@@H](OC(C)=O)C[C@]43O)C2)[C@@H]1O. The summed E-state index contributed by atoms with van der Waals surface area (Å²) in [6, 6.07) is 0. The number of aliphatic hydroxyl groups is 9. The fourth-order valence-electron chi connectivity index (χ4n) is 13.3. The second-order valence-corrected chi connectivity index (χ2v) is 20.1. The number of hydrogen-bond acceptors (Lipinski definition) is 20. The minimum absolute atomic E-state index is 0.0447. The molecular weight excluding hydrogens is 848 g/mol. The molecule has 4 heterocycles. The van der Waals surface area contributed by atoms with Crippen molar-refractivity contribution in [2.24, 2.45) is 34.5 Å². The van der Waals surface area contributed by atoms with Gasteiger partial charge in [-0.2, -0.15) is 0 Å². The highest BCUT2D eigenvalue weighted by molar-refractivity contribution is 5.85. The Labute approximate surface area is 371 Å². The Balaban J connectivity index is 0.891. The van der Waals surface area contributed by atoms with Crippen LogP contribution >= 0.6 is 0 Å². The Kier molecular flexibility index (Phi) is 14.0. The van der Waals surface area contributed by atoms with Crippen LogP contribution in [0.15, 0.2) is 11.6 Å². The molecule has 3 saturated heterocycles. The van der Waals surface area contributed by atoms with Crippen molar-refractivity contribution in [3.63, 3.8) is 0 Å². The quantitative estimate of drug-likeness (QED) is 0.0825. The molecule has 7 fully saturated rings. The number of carbonyl (C=O) groups excluding carboxylic acids is 2.